The van der Waals surface area contributed by atoms with Crippen LogP contribution in [0.3, 0.4) is 0 Å². The first-order chi connectivity index (χ1) is 1.91. The van der Waals surface area contributed by atoms with Gasteiger partial charge in [-0.05, 0) is 13.1 Å². The highest BCUT2D eigenvalue weighted by Gasteiger charge is 1.32. The van der Waals surface area contributed by atoms with E-state index in [4.69, 9.17) is 0 Å². The second-order valence-corrected chi connectivity index (χ2v) is 0.516. The normalized spacial score (nSPS) is 9.50. The fourth-order valence-corrected chi connectivity index (χ4v) is 0. The van der Waals surface area contributed by atoms with Crippen molar-refractivity contribution < 1.29 is 0 Å². The van der Waals surface area contributed by atoms with Crippen molar-refractivity contribution in [3.63, 3.8) is 0 Å². The zero-order valence-corrected chi connectivity index (χ0v) is 3.02. The van der Waals surface area contributed by atoms with Gasteiger partial charge in [-0.15, -0.1) is 0 Å². The molecule has 0 aliphatic heterocycles. The van der Waals surface area contributed by atoms with Crippen molar-refractivity contribution in [3.8, 4) is 0 Å². The van der Waals surface area contributed by atoms with Gasteiger partial charge in [-0.25, -0.2) is 0 Å². The average Bonchev–Trinajstić information content (AvgIpc) is 1.37. The van der Waals surface area contributed by atoms with Gasteiger partial charge < -0.3 is 4.99 Å². The van der Waals surface area contributed by atoms with Crippen molar-refractivity contribution in [2.75, 3.05) is 7.05 Å². The predicted octanol–water partition coefficient (Wildman–Crippen LogP) is 0.707. The topological polar surface area (TPSA) is 12.4 Å². The highest BCUT2D eigenvalue weighted by molar-refractivity contribution is 5.52. The average molecular weight is 57.1 g/mol. The Bertz CT molecular complexity index is 18.5. The van der Waals surface area contributed by atoms with Crippen LogP contribution in [0.15, 0.2) is 4.99 Å². The summed E-state index contributed by atoms with van der Waals surface area (Å²) in [7, 11) is 1.75. The molecule has 0 aliphatic carbocycles. The molecular formula is C3H7N. The highest BCUT2D eigenvalue weighted by atomic mass is 14.6. The summed E-state index contributed by atoms with van der Waals surface area (Å²) in [6, 6.07) is 0. The third-order valence-corrected chi connectivity index (χ3v) is 0.258. The Kier molecular flexibility index (Phi) is 2.45. The summed E-state index contributed by atoms with van der Waals surface area (Å²) in [5.41, 5.74) is 0. The molecule has 0 saturated carbocycles. The molecule has 1 heteroatoms. The van der Waals surface area contributed by atoms with Gasteiger partial charge in [-0.3, -0.25) is 0 Å². The van der Waals surface area contributed by atoms with E-state index in [0.717, 1.165) is 0 Å². The summed E-state index contributed by atoms with van der Waals surface area (Å²) in [5, 5.41) is 0. The fraction of sp³-hybridized carbons (Fsp3) is 0.667. The second-order valence-electron chi connectivity index (χ2n) is 0.516. The van der Waals surface area contributed by atoms with Crippen LogP contribution in [0.2, 0.25) is 0 Å². The minimum atomic E-state index is 1.75. The Morgan fingerprint density at radius 3 is 2.00 bits per heavy atom. The van der Waals surface area contributed by atoms with Crippen molar-refractivity contribution in [2.45, 2.75) is 6.92 Å². The van der Waals surface area contributed by atoms with Crippen molar-refractivity contribution in [2.24, 2.45) is 4.99 Å². The molecule has 0 aliphatic rings. The Balaban J connectivity index is 2.55. The van der Waals surface area contributed by atoms with Crippen LogP contribution in [0.4, 0.5) is 0 Å². The lowest BCUT2D eigenvalue weighted by molar-refractivity contribution is 1.46. The molecule has 4 heavy (non-hydrogen) atoms. The Morgan fingerprint density at radius 1 is 1.75 bits per heavy atom. The summed E-state index contributed by atoms with van der Waals surface area (Å²) in [4.78, 5) is 3.61. The summed E-state index contributed by atoms with van der Waals surface area (Å²) >= 11 is 0. The summed E-state index contributed by atoms with van der Waals surface area (Å²) in [6.07, 6.45) is 1.75. The summed E-state index contributed by atoms with van der Waals surface area (Å²) in [6.45, 7) is 1.89. The molecule has 0 amide bonds. The van der Waals surface area contributed by atoms with E-state index in [9.17, 15) is 0 Å². The Morgan fingerprint density at radius 2 is 2.00 bits per heavy atom. The van der Waals surface area contributed by atoms with E-state index in [2.05, 4.69) is 4.99 Å². The standard InChI is InChI=1S/C3H7N/c1-3-4-2/h3H,1-2H3/b4-3-. The van der Waals surface area contributed by atoms with Gasteiger partial charge in [0.15, 0.2) is 0 Å². The zero-order valence-electron chi connectivity index (χ0n) is 3.02. The molecule has 0 atom stereocenters. The number of aliphatic imine (C=N–C) groups is 1. The van der Waals surface area contributed by atoms with Gasteiger partial charge in [0.1, 0.15) is 0 Å². The van der Waals surface area contributed by atoms with Gasteiger partial charge >= 0.3 is 0 Å². The number of hydrogen-bond acceptors (Lipinski definition) is 1. The van der Waals surface area contributed by atoms with E-state index >= 15 is 0 Å². The van der Waals surface area contributed by atoms with Crippen molar-refractivity contribution in [1.82, 2.24) is 0 Å². The molecule has 0 radical (unpaired) electrons. The molecule has 0 aromatic heterocycles. The number of rotatable bonds is 0. The molecule has 0 spiro atoms. The van der Waals surface area contributed by atoms with E-state index in [1.165, 1.54) is 0 Å². The smallest absolute Gasteiger partial charge is 0.0273 e. The lowest BCUT2D eigenvalue weighted by Crippen LogP contribution is -1.47. The van der Waals surface area contributed by atoms with Crippen LogP contribution in [0.25, 0.3) is 0 Å². The first-order valence-electron chi connectivity index (χ1n) is 1.28. The van der Waals surface area contributed by atoms with Gasteiger partial charge in [-0.1, -0.05) is 0 Å². The minimum Gasteiger partial charge on any atom is -0.301 e. The second kappa shape index (κ2) is 2.67. The molecular weight excluding hydrogens is 50.0 g/mol. The van der Waals surface area contributed by atoms with E-state index < -0.39 is 0 Å². The van der Waals surface area contributed by atoms with Gasteiger partial charge in [0.2, 0.25) is 0 Å². The van der Waals surface area contributed by atoms with Crippen LogP contribution in [-0.4, -0.2) is 13.3 Å². The van der Waals surface area contributed by atoms with Crippen LogP contribution < -0.4 is 0 Å². The maximum atomic E-state index is 3.61. The molecule has 0 N–H and O–H groups in total. The lowest BCUT2D eigenvalue weighted by atomic mass is 10.9. The van der Waals surface area contributed by atoms with Crippen LogP contribution >= 0.6 is 0 Å². The van der Waals surface area contributed by atoms with Crippen molar-refractivity contribution in [1.29, 1.82) is 0 Å². The summed E-state index contributed by atoms with van der Waals surface area (Å²) in [5.74, 6) is 0. The van der Waals surface area contributed by atoms with E-state index in [1.807, 2.05) is 6.92 Å². The molecule has 0 rings (SSSR count). The zero-order chi connectivity index (χ0) is 3.41. The maximum absolute atomic E-state index is 3.61. The van der Waals surface area contributed by atoms with Gasteiger partial charge in [0.05, 0.1) is 0 Å². The highest BCUT2D eigenvalue weighted by Crippen LogP contribution is 1.39. The molecule has 0 bridgehead atoms. The van der Waals surface area contributed by atoms with Gasteiger partial charge in [-0.2, -0.15) is 0 Å². The predicted molar refractivity (Wildman–Crippen MR) is 20.1 cm³/mol. The quantitative estimate of drug-likeness (QED) is 0.363. The lowest BCUT2D eigenvalue weighted by Gasteiger charge is -1.53. The third kappa shape index (κ3) is 1.67. The molecule has 0 aromatic carbocycles. The molecule has 1 nitrogen and oxygen atoms in total. The SMILES string of the molecule is C/C=N\C. The van der Waals surface area contributed by atoms with Crippen LogP contribution in [0.5, 0.6) is 0 Å². The molecule has 0 saturated heterocycles. The van der Waals surface area contributed by atoms with Crippen molar-refractivity contribution >= 4 is 6.21 Å². The molecule has 0 heterocycles. The van der Waals surface area contributed by atoms with Gasteiger partial charge in [0, 0.05) is 7.05 Å². The van der Waals surface area contributed by atoms with Crippen LogP contribution in [0, 0.1) is 0 Å². The van der Waals surface area contributed by atoms with Crippen LogP contribution in [-0.2, 0) is 0 Å². The Hall–Kier alpha value is -0.330. The molecule has 0 unspecified atom stereocenters. The minimum absolute atomic E-state index is 1.75. The monoisotopic (exact) mass is 57.1 g/mol. The Labute approximate surface area is 26.4 Å². The number of hydrogen-bond donors (Lipinski definition) is 0. The maximum Gasteiger partial charge on any atom is 0.0273 e. The third-order valence-electron chi connectivity index (χ3n) is 0.258. The largest absolute Gasteiger partial charge is 0.301 e. The molecule has 24 valence electrons. The van der Waals surface area contributed by atoms with E-state index in [0.29, 0.717) is 0 Å². The summed E-state index contributed by atoms with van der Waals surface area (Å²) < 4.78 is 0. The number of nitrogens with zero attached hydrogens (tertiary/aromatic N) is 1. The first-order valence-corrected chi connectivity index (χ1v) is 1.28. The van der Waals surface area contributed by atoms with Crippen molar-refractivity contribution in [3.05, 3.63) is 0 Å². The van der Waals surface area contributed by atoms with E-state index in [1.54, 1.807) is 13.3 Å². The van der Waals surface area contributed by atoms with Crippen LogP contribution in [0.1, 0.15) is 6.92 Å². The molecule has 0 fully saturated rings. The van der Waals surface area contributed by atoms with E-state index in [-0.39, 0.29) is 0 Å². The fourth-order valence-electron chi connectivity index (χ4n) is 0. The first kappa shape index (κ1) is 3.67. The van der Waals surface area contributed by atoms with Gasteiger partial charge in [0.25, 0.3) is 0 Å². The molecule has 0 aromatic rings.